The summed E-state index contributed by atoms with van der Waals surface area (Å²) in [6.45, 7) is 1.78. The third-order valence-corrected chi connectivity index (χ3v) is 3.36. The Kier molecular flexibility index (Phi) is 3.86. The number of ether oxygens (including phenoxy) is 1. The number of methoxy groups -OCH3 is 1. The summed E-state index contributed by atoms with van der Waals surface area (Å²) in [4.78, 5) is 2.34. The van der Waals surface area contributed by atoms with Crippen molar-refractivity contribution < 1.29 is 9.84 Å². The van der Waals surface area contributed by atoms with Gasteiger partial charge in [0.1, 0.15) is 0 Å². The molecule has 1 unspecified atom stereocenters. The summed E-state index contributed by atoms with van der Waals surface area (Å²) in [6.07, 6.45) is 2.35. The van der Waals surface area contributed by atoms with Crippen molar-refractivity contribution >= 4 is 11.4 Å². The summed E-state index contributed by atoms with van der Waals surface area (Å²) in [5.74, 6) is 0. The van der Waals surface area contributed by atoms with Gasteiger partial charge in [-0.3, -0.25) is 0 Å². The van der Waals surface area contributed by atoms with E-state index in [9.17, 15) is 5.11 Å². The second-order valence-electron chi connectivity index (χ2n) is 4.49. The highest BCUT2D eigenvalue weighted by Gasteiger charge is 2.24. The van der Waals surface area contributed by atoms with Gasteiger partial charge in [0.05, 0.1) is 19.3 Å². The molecule has 94 valence electrons. The fourth-order valence-corrected chi connectivity index (χ4v) is 2.45. The van der Waals surface area contributed by atoms with Crippen LogP contribution in [0.2, 0.25) is 0 Å². The number of hydrogen-bond acceptors (Lipinski definition) is 4. The molecular formula is C13H20N2O2. The first kappa shape index (κ1) is 12.2. The van der Waals surface area contributed by atoms with Gasteiger partial charge in [0.2, 0.25) is 0 Å². The van der Waals surface area contributed by atoms with Gasteiger partial charge in [0.25, 0.3) is 0 Å². The van der Waals surface area contributed by atoms with E-state index in [1.807, 2.05) is 18.2 Å². The normalized spacial score (nSPS) is 19.9. The van der Waals surface area contributed by atoms with Crippen LogP contribution in [0.3, 0.4) is 0 Å². The molecule has 0 saturated carbocycles. The summed E-state index contributed by atoms with van der Waals surface area (Å²) >= 11 is 0. The summed E-state index contributed by atoms with van der Waals surface area (Å²) < 4.78 is 5.24. The Morgan fingerprint density at radius 3 is 3.06 bits per heavy atom. The van der Waals surface area contributed by atoms with E-state index in [1.54, 1.807) is 7.11 Å². The Morgan fingerprint density at radius 2 is 2.35 bits per heavy atom. The number of aliphatic hydroxyl groups excluding tert-OH is 1. The lowest BCUT2D eigenvalue weighted by Crippen LogP contribution is -2.32. The Balaban J connectivity index is 2.21. The van der Waals surface area contributed by atoms with Crippen LogP contribution in [0.15, 0.2) is 18.2 Å². The Morgan fingerprint density at radius 1 is 1.53 bits per heavy atom. The van der Waals surface area contributed by atoms with Gasteiger partial charge in [0.15, 0.2) is 0 Å². The van der Waals surface area contributed by atoms with Crippen molar-refractivity contribution in [3.8, 4) is 0 Å². The lowest BCUT2D eigenvalue weighted by atomic mass is 10.1. The zero-order valence-electron chi connectivity index (χ0n) is 10.2. The van der Waals surface area contributed by atoms with E-state index in [2.05, 4.69) is 4.90 Å². The molecule has 4 heteroatoms. The van der Waals surface area contributed by atoms with Crippen LogP contribution in [0.25, 0.3) is 0 Å². The van der Waals surface area contributed by atoms with Gasteiger partial charge >= 0.3 is 0 Å². The molecule has 3 N–H and O–H groups in total. The topological polar surface area (TPSA) is 58.7 Å². The smallest absolute Gasteiger partial charge is 0.0702 e. The van der Waals surface area contributed by atoms with E-state index in [0.29, 0.717) is 11.7 Å². The predicted molar refractivity (Wildman–Crippen MR) is 69.0 cm³/mol. The van der Waals surface area contributed by atoms with E-state index in [-0.39, 0.29) is 6.61 Å². The molecule has 0 amide bonds. The number of anilines is 2. The maximum absolute atomic E-state index is 9.23. The van der Waals surface area contributed by atoms with Crippen molar-refractivity contribution in [1.29, 1.82) is 0 Å². The summed E-state index contributed by atoms with van der Waals surface area (Å²) in [5.41, 5.74) is 8.36. The molecule has 1 heterocycles. The summed E-state index contributed by atoms with van der Waals surface area (Å²) in [7, 11) is 1.73. The fraction of sp³-hybridized carbons (Fsp3) is 0.538. The Hall–Kier alpha value is -1.26. The zero-order chi connectivity index (χ0) is 12.3. The minimum Gasteiger partial charge on any atom is -0.398 e. The van der Waals surface area contributed by atoms with Crippen LogP contribution in [-0.4, -0.2) is 31.4 Å². The zero-order valence-corrected chi connectivity index (χ0v) is 10.2. The molecule has 0 aromatic heterocycles. The first-order valence-corrected chi connectivity index (χ1v) is 6.01. The van der Waals surface area contributed by atoms with Crippen LogP contribution >= 0.6 is 0 Å². The molecular weight excluding hydrogens is 216 g/mol. The van der Waals surface area contributed by atoms with Crippen molar-refractivity contribution in [2.45, 2.75) is 25.5 Å². The van der Waals surface area contributed by atoms with E-state index in [0.717, 1.165) is 30.8 Å². The molecule has 1 saturated heterocycles. The lowest BCUT2D eigenvalue weighted by Gasteiger charge is -2.27. The van der Waals surface area contributed by atoms with Crippen molar-refractivity contribution in [3.63, 3.8) is 0 Å². The number of rotatable bonds is 4. The minimum atomic E-state index is -0.0115. The van der Waals surface area contributed by atoms with Gasteiger partial charge in [0, 0.05) is 30.6 Å². The highest BCUT2D eigenvalue weighted by atomic mass is 16.5. The molecule has 0 bridgehead atoms. The van der Waals surface area contributed by atoms with E-state index >= 15 is 0 Å². The number of benzene rings is 1. The predicted octanol–water partition coefficient (Wildman–Crippen LogP) is 1.38. The van der Waals surface area contributed by atoms with E-state index < -0.39 is 0 Å². The van der Waals surface area contributed by atoms with Crippen LogP contribution in [0.5, 0.6) is 0 Å². The molecule has 1 aliphatic heterocycles. The first-order valence-electron chi connectivity index (χ1n) is 6.01. The van der Waals surface area contributed by atoms with Crippen LogP contribution < -0.4 is 10.6 Å². The van der Waals surface area contributed by atoms with Crippen LogP contribution in [0, 0.1) is 0 Å². The molecule has 1 aromatic rings. The van der Waals surface area contributed by atoms with Gasteiger partial charge < -0.3 is 20.5 Å². The van der Waals surface area contributed by atoms with Gasteiger partial charge in [-0.25, -0.2) is 0 Å². The van der Waals surface area contributed by atoms with E-state index in [4.69, 9.17) is 10.5 Å². The average Bonchev–Trinajstić information content (AvgIpc) is 2.78. The third kappa shape index (κ3) is 2.53. The number of nitrogens with zero attached hydrogens (tertiary/aromatic N) is 1. The molecule has 0 aliphatic carbocycles. The second-order valence-corrected chi connectivity index (χ2v) is 4.49. The second kappa shape index (κ2) is 5.38. The average molecular weight is 236 g/mol. The maximum atomic E-state index is 9.23. The first-order chi connectivity index (χ1) is 8.26. The van der Waals surface area contributed by atoms with Gasteiger partial charge in [-0.15, -0.1) is 0 Å². The number of hydrogen-bond donors (Lipinski definition) is 2. The molecule has 1 fully saturated rings. The summed E-state index contributed by atoms with van der Waals surface area (Å²) in [6, 6.07) is 6.30. The largest absolute Gasteiger partial charge is 0.398 e. The van der Waals surface area contributed by atoms with Crippen molar-refractivity contribution in [2.75, 3.05) is 30.9 Å². The molecule has 1 aliphatic rings. The molecule has 4 nitrogen and oxygen atoms in total. The molecule has 2 rings (SSSR count). The van der Waals surface area contributed by atoms with Crippen molar-refractivity contribution in [2.24, 2.45) is 0 Å². The molecule has 17 heavy (non-hydrogen) atoms. The quantitative estimate of drug-likeness (QED) is 0.775. The van der Waals surface area contributed by atoms with Crippen molar-refractivity contribution in [1.82, 2.24) is 0 Å². The Bertz CT molecular complexity index is 382. The SMILES string of the molecule is COCC1CCCN1c1ccc(N)c(CO)c1. The third-order valence-electron chi connectivity index (χ3n) is 3.36. The molecule has 1 aromatic carbocycles. The highest BCUT2D eigenvalue weighted by molar-refractivity contribution is 5.59. The van der Waals surface area contributed by atoms with Crippen LogP contribution in [-0.2, 0) is 11.3 Å². The van der Waals surface area contributed by atoms with E-state index in [1.165, 1.54) is 6.42 Å². The Labute approximate surface area is 102 Å². The molecule has 1 atom stereocenters. The molecule has 0 radical (unpaired) electrons. The minimum absolute atomic E-state index is 0.0115. The number of nitrogens with two attached hydrogens (primary N) is 1. The number of aliphatic hydroxyl groups is 1. The lowest BCUT2D eigenvalue weighted by molar-refractivity contribution is 0.181. The maximum Gasteiger partial charge on any atom is 0.0702 e. The van der Waals surface area contributed by atoms with Crippen molar-refractivity contribution in [3.05, 3.63) is 23.8 Å². The van der Waals surface area contributed by atoms with Gasteiger partial charge in [-0.1, -0.05) is 0 Å². The highest BCUT2D eigenvalue weighted by Crippen LogP contribution is 2.28. The van der Waals surface area contributed by atoms with Gasteiger partial charge in [-0.2, -0.15) is 0 Å². The monoisotopic (exact) mass is 236 g/mol. The summed E-state index contributed by atoms with van der Waals surface area (Å²) in [5, 5.41) is 9.23. The number of nitrogen functional groups attached to an aromatic ring is 1. The molecule has 0 spiro atoms. The van der Waals surface area contributed by atoms with Gasteiger partial charge in [-0.05, 0) is 31.0 Å². The fourth-order valence-electron chi connectivity index (χ4n) is 2.45. The van der Waals surface area contributed by atoms with Crippen LogP contribution in [0.4, 0.5) is 11.4 Å². The van der Waals surface area contributed by atoms with Crippen LogP contribution in [0.1, 0.15) is 18.4 Å². The standard InChI is InChI=1S/C13H20N2O2/c1-17-9-12-3-2-6-15(12)11-4-5-13(14)10(7-11)8-16/h4-5,7,12,16H,2-3,6,8-9,14H2,1H3.